The summed E-state index contributed by atoms with van der Waals surface area (Å²) in [7, 11) is 1.60. The predicted octanol–water partition coefficient (Wildman–Crippen LogP) is 2.97. The van der Waals surface area contributed by atoms with Gasteiger partial charge in [-0.3, -0.25) is 14.5 Å². The summed E-state index contributed by atoms with van der Waals surface area (Å²) in [5, 5.41) is 2.92. The maximum atomic E-state index is 12.9. The van der Waals surface area contributed by atoms with E-state index in [9.17, 15) is 9.59 Å². The van der Waals surface area contributed by atoms with Crippen molar-refractivity contribution in [3.63, 3.8) is 0 Å². The molecule has 0 aliphatic carbocycles. The van der Waals surface area contributed by atoms with E-state index in [0.29, 0.717) is 23.6 Å². The van der Waals surface area contributed by atoms with Gasteiger partial charge >= 0.3 is 0 Å². The molecule has 0 saturated carbocycles. The molecule has 2 aromatic carbocycles. The first-order chi connectivity index (χ1) is 11.7. The lowest BCUT2D eigenvalue weighted by molar-refractivity contribution is -0.124. The molecule has 6 heteroatoms. The van der Waals surface area contributed by atoms with Crippen molar-refractivity contribution in [2.45, 2.75) is 11.3 Å². The number of para-hydroxylation sites is 1. The molecule has 0 aromatic heterocycles. The largest absolute Gasteiger partial charge is 0.497 e. The molecular weight excluding hydrogens is 324 g/mol. The van der Waals surface area contributed by atoms with Crippen molar-refractivity contribution in [1.29, 1.82) is 0 Å². The second kappa shape index (κ2) is 5.56. The Kier molecular flexibility index (Phi) is 3.49. The van der Waals surface area contributed by atoms with E-state index < -0.39 is 4.87 Å². The molecule has 1 spiro atoms. The van der Waals surface area contributed by atoms with Gasteiger partial charge in [-0.25, -0.2) is 0 Å². The molecule has 122 valence electrons. The number of nitrogens with zero attached hydrogens (tertiary/aromatic N) is 1. The highest BCUT2D eigenvalue weighted by Crippen LogP contribution is 2.52. The van der Waals surface area contributed by atoms with Crippen LogP contribution in [0.1, 0.15) is 12.0 Å². The van der Waals surface area contributed by atoms with E-state index in [4.69, 9.17) is 4.74 Å². The molecule has 5 nitrogen and oxygen atoms in total. The van der Waals surface area contributed by atoms with Gasteiger partial charge in [0.2, 0.25) is 10.8 Å². The van der Waals surface area contributed by atoms with Crippen LogP contribution in [0, 0.1) is 0 Å². The zero-order chi connectivity index (χ0) is 16.7. The monoisotopic (exact) mass is 340 g/mol. The van der Waals surface area contributed by atoms with Crippen molar-refractivity contribution < 1.29 is 14.3 Å². The number of fused-ring (bicyclic) bond motifs is 2. The second-order valence-corrected chi connectivity index (χ2v) is 6.96. The van der Waals surface area contributed by atoms with E-state index >= 15 is 0 Å². The number of rotatable bonds is 2. The minimum atomic E-state index is -1.04. The number of hydrogen-bond donors (Lipinski definition) is 1. The van der Waals surface area contributed by atoms with Crippen LogP contribution in [0.3, 0.4) is 0 Å². The molecule has 4 rings (SSSR count). The molecule has 1 atom stereocenters. The van der Waals surface area contributed by atoms with Crippen LogP contribution in [0.15, 0.2) is 48.5 Å². The number of methoxy groups -OCH3 is 1. The van der Waals surface area contributed by atoms with Crippen molar-refractivity contribution >= 4 is 35.0 Å². The Labute approximate surface area is 144 Å². The molecule has 2 aliphatic heterocycles. The van der Waals surface area contributed by atoms with Crippen LogP contribution < -0.4 is 15.0 Å². The number of thioether (sulfide) groups is 1. The number of carbonyl (C=O) groups excluding carboxylic acids is 2. The minimum Gasteiger partial charge on any atom is -0.497 e. The fourth-order valence-electron chi connectivity index (χ4n) is 3.28. The number of anilines is 2. The molecule has 2 amide bonds. The number of benzene rings is 2. The Morgan fingerprint density at radius 3 is 2.62 bits per heavy atom. The standard InChI is InChI=1S/C18H16N2O3S/c1-23-13-8-6-12(7-9-13)20-16(21)10-11-24-18(20)14-4-2-3-5-15(14)19-17(18)22/h2-9H,10-11H2,1H3,(H,19,22). The average molecular weight is 340 g/mol. The number of hydrogen-bond acceptors (Lipinski definition) is 4. The van der Waals surface area contributed by atoms with E-state index in [1.54, 1.807) is 24.1 Å². The Morgan fingerprint density at radius 2 is 1.88 bits per heavy atom. The summed E-state index contributed by atoms with van der Waals surface area (Å²) >= 11 is 1.50. The molecule has 2 aromatic rings. The molecule has 1 N–H and O–H groups in total. The predicted molar refractivity (Wildman–Crippen MR) is 94.3 cm³/mol. The maximum Gasteiger partial charge on any atom is 0.266 e. The van der Waals surface area contributed by atoms with Gasteiger partial charge in [0, 0.05) is 29.1 Å². The maximum absolute atomic E-state index is 12.9. The molecule has 24 heavy (non-hydrogen) atoms. The molecule has 1 unspecified atom stereocenters. The van der Waals surface area contributed by atoms with Gasteiger partial charge < -0.3 is 10.1 Å². The van der Waals surface area contributed by atoms with Crippen LogP contribution in [0.5, 0.6) is 5.75 Å². The fourth-order valence-corrected chi connectivity index (χ4v) is 4.70. The zero-order valence-electron chi connectivity index (χ0n) is 13.1. The summed E-state index contributed by atoms with van der Waals surface area (Å²) in [6.45, 7) is 0. The molecule has 1 fully saturated rings. The van der Waals surface area contributed by atoms with Gasteiger partial charge in [0.1, 0.15) is 5.75 Å². The van der Waals surface area contributed by atoms with E-state index in [-0.39, 0.29) is 11.8 Å². The average Bonchev–Trinajstić information content (AvgIpc) is 2.88. The molecule has 0 bridgehead atoms. The minimum absolute atomic E-state index is 0.0502. The van der Waals surface area contributed by atoms with Crippen LogP contribution in [-0.4, -0.2) is 24.7 Å². The highest BCUT2D eigenvalue weighted by molar-refractivity contribution is 8.01. The van der Waals surface area contributed by atoms with Crippen LogP contribution >= 0.6 is 11.8 Å². The van der Waals surface area contributed by atoms with Gasteiger partial charge in [0.05, 0.1) is 7.11 Å². The fraction of sp³-hybridized carbons (Fsp3) is 0.222. The number of carbonyl (C=O) groups is 2. The quantitative estimate of drug-likeness (QED) is 0.913. The van der Waals surface area contributed by atoms with Crippen molar-refractivity contribution in [2.24, 2.45) is 0 Å². The van der Waals surface area contributed by atoms with E-state index in [1.807, 2.05) is 36.4 Å². The lowest BCUT2D eigenvalue weighted by Crippen LogP contribution is -2.54. The van der Waals surface area contributed by atoms with Gasteiger partial charge in [-0.15, -0.1) is 11.8 Å². The lowest BCUT2D eigenvalue weighted by atomic mass is 10.0. The van der Waals surface area contributed by atoms with E-state index in [2.05, 4.69) is 5.32 Å². The third kappa shape index (κ3) is 2.03. The molecule has 0 radical (unpaired) electrons. The summed E-state index contributed by atoms with van der Waals surface area (Å²) in [5.74, 6) is 1.11. The van der Waals surface area contributed by atoms with E-state index in [1.165, 1.54) is 11.8 Å². The van der Waals surface area contributed by atoms with Crippen molar-refractivity contribution in [1.82, 2.24) is 0 Å². The number of amides is 2. The van der Waals surface area contributed by atoms with Crippen LogP contribution in [0.25, 0.3) is 0 Å². The highest BCUT2D eigenvalue weighted by Gasteiger charge is 2.56. The lowest BCUT2D eigenvalue weighted by Gasteiger charge is -2.42. The van der Waals surface area contributed by atoms with Crippen LogP contribution in [0.2, 0.25) is 0 Å². The molecule has 2 heterocycles. The zero-order valence-corrected chi connectivity index (χ0v) is 13.9. The first-order valence-corrected chi connectivity index (χ1v) is 8.67. The SMILES string of the molecule is COc1ccc(N2C(=O)CCSC23C(=O)Nc2ccccc23)cc1. The second-order valence-electron chi connectivity index (χ2n) is 5.67. The topological polar surface area (TPSA) is 58.6 Å². The Morgan fingerprint density at radius 1 is 1.12 bits per heavy atom. The number of nitrogens with one attached hydrogen (secondary N) is 1. The number of ether oxygens (including phenoxy) is 1. The summed E-state index contributed by atoms with van der Waals surface area (Å²) in [5.41, 5.74) is 2.30. The van der Waals surface area contributed by atoms with Gasteiger partial charge in [-0.2, -0.15) is 0 Å². The van der Waals surface area contributed by atoms with Gasteiger partial charge in [-0.05, 0) is 30.3 Å². The summed E-state index contributed by atoms with van der Waals surface area (Å²) in [4.78, 5) is 26.3. The molecule has 2 aliphatic rings. The van der Waals surface area contributed by atoms with Crippen LogP contribution in [0.4, 0.5) is 11.4 Å². The smallest absolute Gasteiger partial charge is 0.266 e. The van der Waals surface area contributed by atoms with Gasteiger partial charge in [-0.1, -0.05) is 18.2 Å². The highest BCUT2D eigenvalue weighted by atomic mass is 32.2. The van der Waals surface area contributed by atoms with Crippen molar-refractivity contribution in [2.75, 3.05) is 23.1 Å². The van der Waals surface area contributed by atoms with Crippen LogP contribution in [-0.2, 0) is 14.5 Å². The van der Waals surface area contributed by atoms with E-state index in [0.717, 1.165) is 11.3 Å². The summed E-state index contributed by atoms with van der Waals surface area (Å²) in [6, 6.07) is 14.8. The van der Waals surface area contributed by atoms with Crippen molar-refractivity contribution in [3.8, 4) is 5.75 Å². The van der Waals surface area contributed by atoms with Crippen molar-refractivity contribution in [3.05, 3.63) is 54.1 Å². The third-order valence-corrected chi connectivity index (χ3v) is 5.78. The Balaban J connectivity index is 1.89. The Hall–Kier alpha value is -2.47. The normalized spacial score (nSPS) is 22.5. The third-order valence-electron chi connectivity index (χ3n) is 4.37. The summed E-state index contributed by atoms with van der Waals surface area (Å²) < 4.78 is 5.19. The first-order valence-electron chi connectivity index (χ1n) is 7.69. The summed E-state index contributed by atoms with van der Waals surface area (Å²) in [6.07, 6.45) is 0.411. The van der Waals surface area contributed by atoms with Gasteiger partial charge in [0.25, 0.3) is 5.91 Å². The molecule has 1 saturated heterocycles. The van der Waals surface area contributed by atoms with Gasteiger partial charge in [0.15, 0.2) is 0 Å². The Bertz CT molecular complexity index is 821. The molecular formula is C18H16N2O3S. The first kappa shape index (κ1) is 15.1.